The van der Waals surface area contributed by atoms with Crippen LogP contribution in [0.4, 0.5) is 0 Å². The summed E-state index contributed by atoms with van der Waals surface area (Å²) in [6.07, 6.45) is 7.72. The fraction of sp³-hybridized carbons (Fsp3) is 0.353. The average molecular weight is 237 g/mol. The van der Waals surface area contributed by atoms with Crippen molar-refractivity contribution in [1.82, 2.24) is 0 Å². The van der Waals surface area contributed by atoms with Crippen molar-refractivity contribution in [2.45, 2.75) is 32.1 Å². The van der Waals surface area contributed by atoms with Gasteiger partial charge in [-0.15, -0.1) is 6.58 Å². The van der Waals surface area contributed by atoms with Gasteiger partial charge in [-0.05, 0) is 42.7 Å². The van der Waals surface area contributed by atoms with E-state index in [9.17, 15) is 5.26 Å². The minimum absolute atomic E-state index is 0.520. The van der Waals surface area contributed by atoms with E-state index in [0.717, 1.165) is 24.0 Å². The number of nitrogens with zero attached hydrogens (tertiary/aromatic N) is 1. The highest BCUT2D eigenvalue weighted by atomic mass is 14.3. The van der Waals surface area contributed by atoms with Gasteiger partial charge in [-0.2, -0.15) is 5.26 Å². The predicted octanol–water partition coefficient (Wildman–Crippen LogP) is 4.73. The molecule has 1 atom stereocenters. The van der Waals surface area contributed by atoms with Crippen LogP contribution in [0.2, 0.25) is 0 Å². The molecule has 1 aromatic rings. The first-order valence-corrected chi connectivity index (χ1v) is 6.66. The highest BCUT2D eigenvalue weighted by Crippen LogP contribution is 2.36. The lowest BCUT2D eigenvalue weighted by Gasteiger charge is -2.25. The molecular formula is C17H19N. The minimum atomic E-state index is 0.520. The summed E-state index contributed by atoms with van der Waals surface area (Å²) in [4.78, 5) is 0. The number of hydrogen-bond donors (Lipinski definition) is 0. The third-order valence-electron chi connectivity index (χ3n) is 3.69. The van der Waals surface area contributed by atoms with E-state index >= 15 is 0 Å². The van der Waals surface area contributed by atoms with Crippen molar-refractivity contribution in [3.8, 4) is 6.07 Å². The number of hydrogen-bond acceptors (Lipinski definition) is 1. The zero-order chi connectivity index (χ0) is 12.8. The second-order valence-corrected chi connectivity index (χ2v) is 4.85. The van der Waals surface area contributed by atoms with Crippen LogP contribution < -0.4 is 0 Å². The molecule has 0 saturated heterocycles. The Hall–Kier alpha value is -1.81. The summed E-state index contributed by atoms with van der Waals surface area (Å²) in [6.45, 7) is 3.84. The molecule has 1 heteroatoms. The lowest BCUT2D eigenvalue weighted by atomic mass is 9.78. The number of allylic oxidation sites excluding steroid dienone is 3. The Morgan fingerprint density at radius 3 is 2.78 bits per heavy atom. The van der Waals surface area contributed by atoms with Gasteiger partial charge in [0.2, 0.25) is 0 Å². The van der Waals surface area contributed by atoms with Crippen LogP contribution in [0.5, 0.6) is 0 Å². The summed E-state index contributed by atoms with van der Waals surface area (Å²) in [5.41, 5.74) is 3.29. The molecule has 1 aromatic carbocycles. The van der Waals surface area contributed by atoms with Crippen molar-refractivity contribution in [3.63, 3.8) is 0 Å². The zero-order valence-electron chi connectivity index (χ0n) is 10.7. The van der Waals surface area contributed by atoms with Gasteiger partial charge < -0.3 is 0 Å². The second kappa shape index (κ2) is 6.21. The van der Waals surface area contributed by atoms with Crippen molar-refractivity contribution in [1.29, 1.82) is 5.26 Å². The van der Waals surface area contributed by atoms with Crippen LogP contribution in [-0.2, 0) is 0 Å². The molecule has 1 nitrogen and oxygen atoms in total. The molecule has 0 N–H and O–H groups in total. The molecule has 0 bridgehead atoms. The topological polar surface area (TPSA) is 23.8 Å². The molecule has 2 rings (SSSR count). The summed E-state index contributed by atoms with van der Waals surface area (Å²) in [6, 6.07) is 12.5. The molecule has 0 radical (unpaired) electrons. The Morgan fingerprint density at radius 2 is 2.11 bits per heavy atom. The second-order valence-electron chi connectivity index (χ2n) is 4.85. The monoisotopic (exact) mass is 237 g/mol. The van der Waals surface area contributed by atoms with Gasteiger partial charge in [-0.3, -0.25) is 0 Å². The highest BCUT2D eigenvalue weighted by Gasteiger charge is 2.21. The van der Waals surface area contributed by atoms with Gasteiger partial charge in [0.15, 0.2) is 0 Å². The number of nitriles is 1. The lowest BCUT2D eigenvalue weighted by Crippen LogP contribution is -2.11. The SMILES string of the molecule is C=CCC1CCCCC1=C(C#N)c1ccccc1. The van der Waals surface area contributed by atoms with Crippen molar-refractivity contribution < 1.29 is 0 Å². The Balaban J connectivity index is 2.41. The van der Waals surface area contributed by atoms with E-state index < -0.39 is 0 Å². The van der Waals surface area contributed by atoms with Gasteiger partial charge in [0.05, 0.1) is 11.6 Å². The van der Waals surface area contributed by atoms with Crippen molar-refractivity contribution in [3.05, 3.63) is 54.1 Å². The smallest absolute Gasteiger partial charge is 0.0997 e. The normalized spacial score (nSPS) is 22.1. The Labute approximate surface area is 109 Å². The van der Waals surface area contributed by atoms with Crippen LogP contribution in [-0.4, -0.2) is 0 Å². The molecule has 1 saturated carbocycles. The molecule has 1 fully saturated rings. The number of benzene rings is 1. The van der Waals surface area contributed by atoms with Gasteiger partial charge in [-0.1, -0.05) is 42.8 Å². The third-order valence-corrected chi connectivity index (χ3v) is 3.69. The summed E-state index contributed by atoms with van der Waals surface area (Å²) >= 11 is 0. The molecular weight excluding hydrogens is 218 g/mol. The maximum Gasteiger partial charge on any atom is 0.0997 e. The highest BCUT2D eigenvalue weighted by molar-refractivity contribution is 5.79. The first-order valence-electron chi connectivity index (χ1n) is 6.66. The average Bonchev–Trinajstić information content (AvgIpc) is 2.43. The summed E-state index contributed by atoms with van der Waals surface area (Å²) < 4.78 is 0. The van der Waals surface area contributed by atoms with Crippen LogP contribution in [0.25, 0.3) is 5.57 Å². The van der Waals surface area contributed by atoms with Gasteiger partial charge in [0, 0.05) is 0 Å². The molecule has 1 aliphatic rings. The van der Waals surface area contributed by atoms with Crippen molar-refractivity contribution in [2.24, 2.45) is 5.92 Å². The van der Waals surface area contributed by atoms with Gasteiger partial charge in [0.1, 0.15) is 0 Å². The Kier molecular flexibility index (Phi) is 4.36. The molecule has 92 valence electrons. The van der Waals surface area contributed by atoms with Crippen LogP contribution in [0, 0.1) is 17.2 Å². The van der Waals surface area contributed by atoms with Gasteiger partial charge in [-0.25, -0.2) is 0 Å². The molecule has 0 aromatic heterocycles. The first kappa shape index (κ1) is 12.6. The zero-order valence-corrected chi connectivity index (χ0v) is 10.7. The predicted molar refractivity (Wildman–Crippen MR) is 75.7 cm³/mol. The molecule has 1 unspecified atom stereocenters. The van der Waals surface area contributed by atoms with Crippen LogP contribution in [0.15, 0.2) is 48.6 Å². The van der Waals surface area contributed by atoms with Crippen LogP contribution in [0.1, 0.15) is 37.7 Å². The third kappa shape index (κ3) is 2.71. The van der Waals surface area contributed by atoms with Crippen LogP contribution in [0.3, 0.4) is 0 Å². The number of rotatable bonds is 3. The maximum atomic E-state index is 9.48. The van der Waals surface area contributed by atoms with Gasteiger partial charge >= 0.3 is 0 Å². The lowest BCUT2D eigenvalue weighted by molar-refractivity contribution is 0.459. The van der Waals surface area contributed by atoms with E-state index in [1.807, 2.05) is 36.4 Å². The Morgan fingerprint density at radius 1 is 1.33 bits per heavy atom. The first-order chi connectivity index (χ1) is 8.86. The van der Waals surface area contributed by atoms with E-state index in [1.54, 1.807) is 0 Å². The van der Waals surface area contributed by atoms with Crippen molar-refractivity contribution >= 4 is 5.57 Å². The molecule has 18 heavy (non-hydrogen) atoms. The standard InChI is InChI=1S/C17H19N/c1-2-8-14-11-6-7-12-16(14)17(13-18)15-9-4-3-5-10-15/h2-5,9-10,14H,1,6-8,11-12H2. The molecule has 0 spiro atoms. The molecule has 0 aliphatic heterocycles. The minimum Gasteiger partial charge on any atom is -0.192 e. The van der Waals surface area contributed by atoms with Crippen LogP contribution >= 0.6 is 0 Å². The van der Waals surface area contributed by atoms with E-state index in [-0.39, 0.29) is 0 Å². The van der Waals surface area contributed by atoms with E-state index in [2.05, 4.69) is 12.6 Å². The van der Waals surface area contributed by atoms with Crippen molar-refractivity contribution in [2.75, 3.05) is 0 Å². The van der Waals surface area contributed by atoms with Gasteiger partial charge in [0.25, 0.3) is 0 Å². The fourth-order valence-electron chi connectivity index (χ4n) is 2.80. The summed E-state index contributed by atoms with van der Waals surface area (Å²) in [5, 5.41) is 9.48. The fourth-order valence-corrected chi connectivity index (χ4v) is 2.80. The maximum absolute atomic E-state index is 9.48. The summed E-state index contributed by atoms with van der Waals surface area (Å²) in [7, 11) is 0. The van der Waals surface area contributed by atoms with E-state index in [0.29, 0.717) is 5.92 Å². The largest absolute Gasteiger partial charge is 0.192 e. The molecule has 0 amide bonds. The molecule has 1 aliphatic carbocycles. The quantitative estimate of drug-likeness (QED) is 0.550. The Bertz CT molecular complexity index is 476. The molecule has 0 heterocycles. The van der Waals surface area contributed by atoms with E-state index in [1.165, 1.54) is 24.8 Å². The van der Waals surface area contributed by atoms with E-state index in [4.69, 9.17) is 0 Å². The summed E-state index contributed by atoms with van der Waals surface area (Å²) in [5.74, 6) is 0.520.